The van der Waals surface area contributed by atoms with Gasteiger partial charge in [0.05, 0.1) is 18.5 Å². The highest BCUT2D eigenvalue weighted by Gasteiger charge is 2.11. The maximum Gasteiger partial charge on any atom is 0.274 e. The highest BCUT2D eigenvalue weighted by atomic mass is 19.1. The summed E-state index contributed by atoms with van der Waals surface area (Å²) in [6.07, 6.45) is 3.82. The summed E-state index contributed by atoms with van der Waals surface area (Å²) in [5, 5.41) is 5.76. The molecule has 3 rings (SSSR count). The molecule has 0 saturated heterocycles. The number of hydrogen-bond acceptors (Lipinski definition) is 7. The lowest BCUT2D eigenvalue weighted by Crippen LogP contribution is -2.14. The second kappa shape index (κ2) is 10.9. The van der Waals surface area contributed by atoms with Gasteiger partial charge in [-0.3, -0.25) is 4.79 Å². The van der Waals surface area contributed by atoms with Crippen molar-refractivity contribution < 1.29 is 18.7 Å². The van der Waals surface area contributed by atoms with E-state index in [-0.39, 0.29) is 12.2 Å². The van der Waals surface area contributed by atoms with Crippen LogP contribution in [-0.4, -0.2) is 36.2 Å². The number of benzene rings is 1. The van der Waals surface area contributed by atoms with Crippen molar-refractivity contribution >= 4 is 23.1 Å². The van der Waals surface area contributed by atoms with E-state index in [1.54, 1.807) is 43.6 Å². The predicted octanol–water partition coefficient (Wildman–Crippen LogP) is 3.48. The van der Waals surface area contributed by atoms with Crippen LogP contribution < -0.4 is 21.1 Å². The molecule has 0 unspecified atom stereocenters. The van der Waals surface area contributed by atoms with Crippen LogP contribution in [0.2, 0.25) is 0 Å². The van der Waals surface area contributed by atoms with Crippen molar-refractivity contribution in [1.82, 2.24) is 9.97 Å². The molecule has 0 aliphatic heterocycles. The molecule has 2 aromatic heterocycles. The Morgan fingerprint density at radius 3 is 2.77 bits per heavy atom. The largest absolute Gasteiger partial charge is 0.492 e. The molecule has 1 amide bonds. The molecule has 3 aromatic rings. The molecule has 0 bridgehead atoms. The highest BCUT2D eigenvalue weighted by molar-refractivity contribution is 6.02. The second-order valence-electron chi connectivity index (χ2n) is 6.62. The van der Waals surface area contributed by atoms with Gasteiger partial charge < -0.3 is 25.8 Å². The monoisotopic (exact) mass is 425 g/mol. The fraction of sp³-hybridized carbons (Fsp3) is 0.227. The van der Waals surface area contributed by atoms with Gasteiger partial charge in [-0.1, -0.05) is 0 Å². The third kappa shape index (κ3) is 6.38. The van der Waals surface area contributed by atoms with Crippen molar-refractivity contribution in [2.45, 2.75) is 13.0 Å². The number of anilines is 3. The zero-order chi connectivity index (χ0) is 22.1. The standard InChI is InChI=1S/C22H24FN5O3/c1-30-10-3-11-31-17-6-8-20(27-14-17)22(29)28-16-5-7-18(23)15(12-16)13-26-19-4-2-9-25-21(19)24/h2,4-9,12,14,26H,3,10-11,13H2,1H3,(H2,24,25)(H,28,29). The van der Waals surface area contributed by atoms with Crippen LogP contribution in [0.5, 0.6) is 5.75 Å². The van der Waals surface area contributed by atoms with E-state index < -0.39 is 11.7 Å². The molecule has 0 fully saturated rings. The maximum absolute atomic E-state index is 14.2. The molecule has 8 nitrogen and oxygen atoms in total. The zero-order valence-electron chi connectivity index (χ0n) is 17.1. The number of nitrogens with one attached hydrogen (secondary N) is 2. The van der Waals surface area contributed by atoms with Crippen LogP contribution in [0.25, 0.3) is 0 Å². The quantitative estimate of drug-likeness (QED) is 0.427. The van der Waals surface area contributed by atoms with Gasteiger partial charge >= 0.3 is 0 Å². The summed E-state index contributed by atoms with van der Waals surface area (Å²) in [5.74, 6) is 0.0797. The Labute approximate surface area is 179 Å². The van der Waals surface area contributed by atoms with Gasteiger partial charge in [-0.15, -0.1) is 0 Å². The van der Waals surface area contributed by atoms with Gasteiger partial charge in [0.2, 0.25) is 0 Å². The first kappa shape index (κ1) is 22.0. The third-order valence-electron chi connectivity index (χ3n) is 4.34. The van der Waals surface area contributed by atoms with E-state index >= 15 is 0 Å². The summed E-state index contributed by atoms with van der Waals surface area (Å²) < 4.78 is 24.7. The Morgan fingerprint density at radius 2 is 2.03 bits per heavy atom. The van der Waals surface area contributed by atoms with Crippen LogP contribution in [0.4, 0.5) is 21.6 Å². The summed E-state index contributed by atoms with van der Waals surface area (Å²) in [6.45, 7) is 1.29. The molecular formula is C22H24FN5O3. The Morgan fingerprint density at radius 1 is 1.16 bits per heavy atom. The van der Waals surface area contributed by atoms with E-state index in [1.807, 2.05) is 0 Å². The van der Waals surface area contributed by atoms with Crippen molar-refractivity contribution in [3.63, 3.8) is 0 Å². The molecule has 0 atom stereocenters. The number of carbonyl (C=O) groups is 1. The number of halogens is 1. The molecule has 2 heterocycles. The number of carbonyl (C=O) groups excluding carboxylic acids is 1. The number of nitrogens with zero attached hydrogens (tertiary/aromatic N) is 2. The number of aromatic nitrogens is 2. The van der Waals surface area contributed by atoms with Crippen molar-refractivity contribution in [2.24, 2.45) is 0 Å². The zero-order valence-corrected chi connectivity index (χ0v) is 17.1. The van der Waals surface area contributed by atoms with Crippen molar-refractivity contribution in [2.75, 3.05) is 36.7 Å². The Bertz CT molecular complexity index is 1010. The lowest BCUT2D eigenvalue weighted by Gasteiger charge is -2.11. The fourth-order valence-electron chi connectivity index (χ4n) is 2.73. The van der Waals surface area contributed by atoms with Crippen LogP contribution in [0.3, 0.4) is 0 Å². The normalized spacial score (nSPS) is 10.5. The summed E-state index contributed by atoms with van der Waals surface area (Å²) in [4.78, 5) is 20.6. The number of ether oxygens (including phenoxy) is 2. The number of nitrogen functional groups attached to an aromatic ring is 1. The first-order chi connectivity index (χ1) is 15.1. The van der Waals surface area contributed by atoms with Crippen LogP contribution in [0.1, 0.15) is 22.5 Å². The molecule has 9 heteroatoms. The molecule has 1 aromatic carbocycles. The molecule has 0 saturated carbocycles. The van der Waals surface area contributed by atoms with Crippen LogP contribution in [0.15, 0.2) is 54.9 Å². The van der Waals surface area contributed by atoms with Crippen LogP contribution >= 0.6 is 0 Å². The first-order valence-corrected chi connectivity index (χ1v) is 9.68. The van der Waals surface area contributed by atoms with Gasteiger partial charge in [-0.05, 0) is 42.5 Å². The van der Waals surface area contributed by atoms with E-state index in [1.165, 1.54) is 18.3 Å². The summed E-state index contributed by atoms with van der Waals surface area (Å²) in [7, 11) is 1.63. The number of nitrogens with two attached hydrogens (primary N) is 1. The van der Waals surface area contributed by atoms with Crippen LogP contribution in [-0.2, 0) is 11.3 Å². The summed E-state index contributed by atoms with van der Waals surface area (Å²) >= 11 is 0. The van der Waals surface area contributed by atoms with Gasteiger partial charge in [-0.2, -0.15) is 0 Å². The minimum absolute atomic E-state index is 0.179. The highest BCUT2D eigenvalue weighted by Crippen LogP contribution is 2.20. The van der Waals surface area contributed by atoms with E-state index in [4.69, 9.17) is 15.2 Å². The number of hydrogen-bond donors (Lipinski definition) is 3. The Hall–Kier alpha value is -3.72. The topological polar surface area (TPSA) is 111 Å². The van der Waals surface area contributed by atoms with E-state index in [2.05, 4.69) is 20.6 Å². The summed E-state index contributed by atoms with van der Waals surface area (Å²) in [6, 6.07) is 11.1. The number of rotatable bonds is 10. The summed E-state index contributed by atoms with van der Waals surface area (Å²) in [5.41, 5.74) is 7.43. The van der Waals surface area contributed by atoms with Gasteiger partial charge in [0.25, 0.3) is 5.91 Å². The van der Waals surface area contributed by atoms with Gasteiger partial charge in [0, 0.05) is 44.1 Å². The molecular weight excluding hydrogens is 401 g/mol. The smallest absolute Gasteiger partial charge is 0.274 e. The molecule has 0 spiro atoms. The van der Waals surface area contributed by atoms with E-state index in [9.17, 15) is 9.18 Å². The Kier molecular flexibility index (Phi) is 7.72. The van der Waals surface area contributed by atoms with Gasteiger partial charge in [-0.25, -0.2) is 14.4 Å². The molecule has 0 aliphatic rings. The SMILES string of the molecule is COCCCOc1ccc(C(=O)Nc2ccc(F)c(CNc3cccnc3N)c2)nc1. The van der Waals surface area contributed by atoms with E-state index in [0.29, 0.717) is 41.7 Å². The number of pyridine rings is 2. The minimum atomic E-state index is -0.409. The number of amides is 1. The minimum Gasteiger partial charge on any atom is -0.492 e. The van der Waals surface area contributed by atoms with Crippen LogP contribution in [0, 0.1) is 5.82 Å². The average Bonchev–Trinajstić information content (AvgIpc) is 2.78. The third-order valence-corrected chi connectivity index (χ3v) is 4.34. The first-order valence-electron chi connectivity index (χ1n) is 9.68. The fourth-order valence-corrected chi connectivity index (χ4v) is 2.73. The maximum atomic E-state index is 14.2. The molecule has 0 aliphatic carbocycles. The average molecular weight is 425 g/mol. The molecule has 31 heavy (non-hydrogen) atoms. The van der Waals surface area contributed by atoms with E-state index in [0.717, 1.165) is 6.42 Å². The Balaban J connectivity index is 1.59. The molecule has 0 radical (unpaired) electrons. The van der Waals surface area contributed by atoms with Crippen molar-refractivity contribution in [1.29, 1.82) is 0 Å². The lowest BCUT2D eigenvalue weighted by atomic mass is 10.1. The number of methoxy groups -OCH3 is 1. The predicted molar refractivity (Wildman–Crippen MR) is 117 cm³/mol. The van der Waals surface area contributed by atoms with Gasteiger partial charge in [0.1, 0.15) is 23.1 Å². The molecule has 4 N–H and O–H groups in total. The lowest BCUT2D eigenvalue weighted by molar-refractivity contribution is 0.102. The second-order valence-corrected chi connectivity index (χ2v) is 6.62. The molecule has 162 valence electrons. The van der Waals surface area contributed by atoms with Crippen molar-refractivity contribution in [3.8, 4) is 5.75 Å². The van der Waals surface area contributed by atoms with Crippen molar-refractivity contribution in [3.05, 3.63) is 71.9 Å². The van der Waals surface area contributed by atoms with Gasteiger partial charge in [0.15, 0.2) is 0 Å².